The lowest BCUT2D eigenvalue weighted by atomic mass is 9.90. The van der Waals surface area contributed by atoms with E-state index in [9.17, 15) is 4.79 Å². The standard InChI is InChI=1S/C21H17N3O2S/c25-21(22-14-18-23-20(24-26-18)17-12-7-13-27-17)19(15-8-3-1-4-9-15)16-10-5-2-6-11-16/h1-13,19H,14H2,(H,22,25). The number of nitrogens with zero attached hydrogens (tertiary/aromatic N) is 2. The third kappa shape index (κ3) is 3.96. The van der Waals surface area contributed by atoms with E-state index in [1.807, 2.05) is 78.2 Å². The Labute approximate surface area is 160 Å². The van der Waals surface area contributed by atoms with Crippen LogP contribution in [0.1, 0.15) is 22.9 Å². The zero-order chi connectivity index (χ0) is 18.5. The van der Waals surface area contributed by atoms with Crippen molar-refractivity contribution in [2.24, 2.45) is 0 Å². The molecule has 0 spiro atoms. The monoisotopic (exact) mass is 375 g/mol. The van der Waals surface area contributed by atoms with E-state index in [0.29, 0.717) is 11.7 Å². The van der Waals surface area contributed by atoms with Crippen LogP contribution >= 0.6 is 11.3 Å². The van der Waals surface area contributed by atoms with E-state index in [1.165, 1.54) is 0 Å². The maximum absolute atomic E-state index is 13.0. The summed E-state index contributed by atoms with van der Waals surface area (Å²) in [6, 6.07) is 23.3. The number of carbonyl (C=O) groups is 1. The van der Waals surface area contributed by atoms with Crippen molar-refractivity contribution in [1.82, 2.24) is 15.5 Å². The van der Waals surface area contributed by atoms with Crippen LogP contribution in [0.3, 0.4) is 0 Å². The maximum Gasteiger partial charge on any atom is 0.246 e. The Morgan fingerprint density at radius 1 is 0.963 bits per heavy atom. The Balaban J connectivity index is 1.51. The van der Waals surface area contributed by atoms with Crippen LogP contribution < -0.4 is 5.32 Å². The lowest BCUT2D eigenvalue weighted by Gasteiger charge is -2.17. The third-order valence-electron chi connectivity index (χ3n) is 4.15. The van der Waals surface area contributed by atoms with E-state index in [4.69, 9.17) is 4.52 Å². The number of aromatic nitrogens is 2. The Bertz CT molecular complexity index is 959. The lowest BCUT2D eigenvalue weighted by Crippen LogP contribution is -2.29. The fourth-order valence-electron chi connectivity index (χ4n) is 2.88. The van der Waals surface area contributed by atoms with Gasteiger partial charge in [-0.15, -0.1) is 11.3 Å². The second-order valence-electron chi connectivity index (χ2n) is 5.96. The van der Waals surface area contributed by atoms with Gasteiger partial charge in [0.2, 0.25) is 17.6 Å². The molecule has 0 saturated carbocycles. The van der Waals surface area contributed by atoms with Crippen molar-refractivity contribution in [3.05, 3.63) is 95.2 Å². The van der Waals surface area contributed by atoms with Crippen LogP contribution in [0.15, 0.2) is 82.7 Å². The molecule has 1 amide bonds. The van der Waals surface area contributed by atoms with Gasteiger partial charge in [0, 0.05) is 0 Å². The van der Waals surface area contributed by atoms with Gasteiger partial charge in [0.25, 0.3) is 0 Å². The van der Waals surface area contributed by atoms with Gasteiger partial charge < -0.3 is 9.84 Å². The average molecular weight is 375 g/mol. The fourth-order valence-corrected chi connectivity index (χ4v) is 3.53. The molecule has 0 saturated heterocycles. The Morgan fingerprint density at radius 3 is 2.22 bits per heavy atom. The quantitative estimate of drug-likeness (QED) is 0.547. The highest BCUT2D eigenvalue weighted by Gasteiger charge is 2.23. The highest BCUT2D eigenvalue weighted by molar-refractivity contribution is 7.13. The van der Waals surface area contributed by atoms with Crippen LogP contribution in [0.4, 0.5) is 0 Å². The first-order chi connectivity index (χ1) is 13.3. The number of amides is 1. The van der Waals surface area contributed by atoms with Gasteiger partial charge in [0.1, 0.15) is 0 Å². The number of rotatable bonds is 6. The van der Waals surface area contributed by atoms with Crippen LogP contribution in [0.5, 0.6) is 0 Å². The minimum atomic E-state index is -0.396. The molecule has 2 aromatic heterocycles. The molecule has 0 radical (unpaired) electrons. The van der Waals surface area contributed by atoms with Crippen LogP contribution in [0, 0.1) is 0 Å². The van der Waals surface area contributed by atoms with Gasteiger partial charge in [0.15, 0.2) is 0 Å². The second kappa shape index (κ2) is 7.97. The highest BCUT2D eigenvalue weighted by Crippen LogP contribution is 2.25. The first kappa shape index (κ1) is 17.2. The smallest absolute Gasteiger partial charge is 0.246 e. The van der Waals surface area contributed by atoms with Gasteiger partial charge >= 0.3 is 0 Å². The van der Waals surface area contributed by atoms with Crippen molar-refractivity contribution >= 4 is 17.2 Å². The summed E-state index contributed by atoms with van der Waals surface area (Å²) < 4.78 is 5.26. The Hall–Kier alpha value is -3.25. The largest absolute Gasteiger partial charge is 0.346 e. The van der Waals surface area contributed by atoms with E-state index in [1.54, 1.807) is 11.3 Å². The van der Waals surface area contributed by atoms with E-state index >= 15 is 0 Å². The van der Waals surface area contributed by atoms with E-state index in [2.05, 4.69) is 15.5 Å². The molecule has 0 bridgehead atoms. The second-order valence-corrected chi connectivity index (χ2v) is 6.91. The Morgan fingerprint density at radius 2 is 1.63 bits per heavy atom. The van der Waals surface area contributed by atoms with Crippen LogP contribution in [-0.4, -0.2) is 16.0 Å². The minimum Gasteiger partial charge on any atom is -0.346 e. The number of carbonyl (C=O) groups excluding carboxylic acids is 1. The van der Waals surface area contributed by atoms with Crippen molar-refractivity contribution in [2.45, 2.75) is 12.5 Å². The van der Waals surface area contributed by atoms with Gasteiger partial charge in [-0.05, 0) is 22.6 Å². The van der Waals surface area contributed by atoms with Crippen LogP contribution in [0.2, 0.25) is 0 Å². The summed E-state index contributed by atoms with van der Waals surface area (Å²) in [5.74, 6) is 0.416. The van der Waals surface area contributed by atoms with Crippen LogP contribution in [-0.2, 0) is 11.3 Å². The lowest BCUT2D eigenvalue weighted by molar-refractivity contribution is -0.122. The van der Waals surface area contributed by atoms with E-state index < -0.39 is 5.92 Å². The molecule has 0 atom stereocenters. The molecule has 0 aliphatic rings. The number of thiophene rings is 1. The van der Waals surface area contributed by atoms with Crippen molar-refractivity contribution in [3.63, 3.8) is 0 Å². The summed E-state index contributed by atoms with van der Waals surface area (Å²) in [6.07, 6.45) is 0. The maximum atomic E-state index is 13.0. The van der Waals surface area contributed by atoms with Crippen molar-refractivity contribution in [1.29, 1.82) is 0 Å². The molecule has 5 nitrogen and oxygen atoms in total. The summed E-state index contributed by atoms with van der Waals surface area (Å²) in [5, 5.41) is 8.85. The normalized spacial score (nSPS) is 10.9. The minimum absolute atomic E-state index is 0.108. The molecular formula is C21H17N3O2S. The molecule has 1 N–H and O–H groups in total. The highest BCUT2D eigenvalue weighted by atomic mass is 32.1. The van der Waals surface area contributed by atoms with Gasteiger partial charge in [0.05, 0.1) is 17.3 Å². The SMILES string of the molecule is O=C(NCc1nc(-c2cccs2)no1)C(c1ccccc1)c1ccccc1. The summed E-state index contributed by atoms with van der Waals surface area (Å²) in [6.45, 7) is 0.188. The first-order valence-corrected chi connectivity index (χ1v) is 9.43. The molecule has 134 valence electrons. The third-order valence-corrected chi connectivity index (χ3v) is 5.02. The summed E-state index contributed by atoms with van der Waals surface area (Å²) in [5.41, 5.74) is 1.87. The molecule has 0 aliphatic heterocycles. The average Bonchev–Trinajstić information content (AvgIpc) is 3.40. The molecule has 0 fully saturated rings. The van der Waals surface area contributed by atoms with Gasteiger partial charge in [-0.3, -0.25) is 4.79 Å². The predicted octanol–water partition coefficient (Wildman–Crippen LogP) is 4.25. The molecule has 0 unspecified atom stereocenters. The van der Waals surface area contributed by atoms with Crippen LogP contribution in [0.25, 0.3) is 10.7 Å². The fraction of sp³-hybridized carbons (Fsp3) is 0.0952. The zero-order valence-electron chi connectivity index (χ0n) is 14.4. The van der Waals surface area contributed by atoms with Crippen molar-refractivity contribution in [2.75, 3.05) is 0 Å². The summed E-state index contributed by atoms with van der Waals surface area (Å²) in [4.78, 5) is 18.2. The summed E-state index contributed by atoms with van der Waals surface area (Å²) >= 11 is 1.54. The predicted molar refractivity (Wildman–Crippen MR) is 104 cm³/mol. The first-order valence-electron chi connectivity index (χ1n) is 8.55. The van der Waals surface area contributed by atoms with Gasteiger partial charge in [-0.25, -0.2) is 0 Å². The number of hydrogen-bond acceptors (Lipinski definition) is 5. The molecule has 4 aromatic rings. The van der Waals surface area contributed by atoms with Crippen molar-refractivity contribution < 1.29 is 9.32 Å². The molecule has 4 rings (SSSR count). The zero-order valence-corrected chi connectivity index (χ0v) is 15.2. The molecule has 2 heterocycles. The van der Waals surface area contributed by atoms with Gasteiger partial charge in [-0.1, -0.05) is 71.9 Å². The van der Waals surface area contributed by atoms with Crippen molar-refractivity contribution in [3.8, 4) is 10.7 Å². The molecule has 2 aromatic carbocycles. The number of benzene rings is 2. The van der Waals surface area contributed by atoms with Gasteiger partial charge in [-0.2, -0.15) is 4.98 Å². The number of nitrogens with one attached hydrogen (secondary N) is 1. The molecular weight excluding hydrogens is 358 g/mol. The van der Waals surface area contributed by atoms with E-state index in [0.717, 1.165) is 16.0 Å². The Kier molecular flexibility index (Phi) is 5.07. The van der Waals surface area contributed by atoms with E-state index in [-0.39, 0.29) is 12.5 Å². The topological polar surface area (TPSA) is 68.0 Å². The molecule has 6 heteroatoms. The molecule has 0 aliphatic carbocycles. The number of hydrogen-bond donors (Lipinski definition) is 1. The summed E-state index contributed by atoms with van der Waals surface area (Å²) in [7, 11) is 0. The molecule has 27 heavy (non-hydrogen) atoms.